The van der Waals surface area contributed by atoms with E-state index < -0.39 is 0 Å². The minimum Gasteiger partial charge on any atom is -0.494 e. The van der Waals surface area contributed by atoms with Crippen LogP contribution in [-0.4, -0.2) is 19.3 Å². The molecule has 1 heterocycles. The standard InChI is InChI=1S/C19H23N3O3/c1-3-8-24-15-6-4-13(5-7-15)17-11-25-19(23)22(17)14-9-12(2)18(21)16(20)10-14/h4-7,9-10,17H,3,8,11,20-21H2,1-2H3/t17-/m1/s1. The second-order valence-corrected chi connectivity index (χ2v) is 6.15. The second-order valence-electron chi connectivity index (χ2n) is 6.15. The Morgan fingerprint density at radius 2 is 1.96 bits per heavy atom. The molecule has 25 heavy (non-hydrogen) atoms. The molecule has 0 bridgehead atoms. The second kappa shape index (κ2) is 6.93. The van der Waals surface area contributed by atoms with Gasteiger partial charge in [0.2, 0.25) is 0 Å². The molecule has 0 aromatic heterocycles. The summed E-state index contributed by atoms with van der Waals surface area (Å²) in [5.41, 5.74) is 15.4. The van der Waals surface area contributed by atoms with Gasteiger partial charge in [0.05, 0.1) is 29.7 Å². The van der Waals surface area contributed by atoms with Crippen molar-refractivity contribution in [3.05, 3.63) is 47.5 Å². The number of ether oxygens (including phenoxy) is 2. The van der Waals surface area contributed by atoms with E-state index in [0.29, 0.717) is 23.7 Å². The highest BCUT2D eigenvalue weighted by atomic mass is 16.6. The van der Waals surface area contributed by atoms with Crippen molar-refractivity contribution < 1.29 is 14.3 Å². The fraction of sp³-hybridized carbons (Fsp3) is 0.316. The molecule has 1 atom stereocenters. The quantitative estimate of drug-likeness (QED) is 0.810. The molecule has 4 N–H and O–H groups in total. The van der Waals surface area contributed by atoms with Gasteiger partial charge in [0.15, 0.2) is 0 Å². The van der Waals surface area contributed by atoms with Crippen LogP contribution >= 0.6 is 0 Å². The zero-order chi connectivity index (χ0) is 18.0. The minimum absolute atomic E-state index is 0.213. The summed E-state index contributed by atoms with van der Waals surface area (Å²) in [7, 11) is 0. The topological polar surface area (TPSA) is 90.8 Å². The smallest absolute Gasteiger partial charge is 0.415 e. The minimum atomic E-state index is -0.389. The maximum Gasteiger partial charge on any atom is 0.415 e. The van der Waals surface area contributed by atoms with E-state index in [0.717, 1.165) is 23.3 Å². The number of carbonyl (C=O) groups is 1. The van der Waals surface area contributed by atoms with Gasteiger partial charge in [-0.1, -0.05) is 19.1 Å². The number of rotatable bonds is 5. The fourth-order valence-corrected chi connectivity index (χ4v) is 2.90. The summed E-state index contributed by atoms with van der Waals surface area (Å²) < 4.78 is 10.9. The number of nitrogen functional groups attached to an aromatic ring is 2. The van der Waals surface area contributed by atoms with E-state index in [1.807, 2.05) is 37.3 Å². The fourth-order valence-electron chi connectivity index (χ4n) is 2.90. The number of aryl methyl sites for hydroxylation is 1. The van der Waals surface area contributed by atoms with Gasteiger partial charge < -0.3 is 20.9 Å². The largest absolute Gasteiger partial charge is 0.494 e. The molecule has 0 saturated carbocycles. The summed E-state index contributed by atoms with van der Waals surface area (Å²) in [6.07, 6.45) is 0.568. The van der Waals surface area contributed by atoms with Crippen molar-refractivity contribution in [3.8, 4) is 5.75 Å². The first kappa shape index (κ1) is 17.0. The van der Waals surface area contributed by atoms with E-state index in [4.69, 9.17) is 20.9 Å². The van der Waals surface area contributed by atoms with Gasteiger partial charge in [0.25, 0.3) is 0 Å². The molecule has 2 aromatic rings. The predicted octanol–water partition coefficient (Wildman–Crippen LogP) is 3.65. The maximum absolute atomic E-state index is 12.3. The van der Waals surface area contributed by atoms with E-state index in [2.05, 4.69) is 6.92 Å². The SMILES string of the molecule is CCCOc1ccc([C@H]2COC(=O)N2c2cc(C)c(N)c(N)c2)cc1. The Hall–Kier alpha value is -2.89. The average Bonchev–Trinajstić information content (AvgIpc) is 2.99. The molecule has 6 nitrogen and oxygen atoms in total. The van der Waals surface area contributed by atoms with Gasteiger partial charge in [-0.05, 0) is 48.7 Å². The number of nitrogens with two attached hydrogens (primary N) is 2. The van der Waals surface area contributed by atoms with E-state index >= 15 is 0 Å². The Labute approximate surface area is 147 Å². The van der Waals surface area contributed by atoms with Gasteiger partial charge in [-0.2, -0.15) is 0 Å². The van der Waals surface area contributed by atoms with Gasteiger partial charge in [-0.15, -0.1) is 0 Å². The van der Waals surface area contributed by atoms with Gasteiger partial charge in [-0.25, -0.2) is 4.79 Å². The first-order valence-corrected chi connectivity index (χ1v) is 8.35. The summed E-state index contributed by atoms with van der Waals surface area (Å²) in [6, 6.07) is 11.1. The highest BCUT2D eigenvalue weighted by molar-refractivity contribution is 5.92. The Balaban J connectivity index is 1.89. The van der Waals surface area contributed by atoms with Crippen molar-refractivity contribution in [2.45, 2.75) is 26.3 Å². The zero-order valence-corrected chi connectivity index (χ0v) is 14.5. The number of hydrogen-bond donors (Lipinski definition) is 2. The van der Waals surface area contributed by atoms with Crippen LogP contribution in [0.4, 0.5) is 21.9 Å². The molecule has 0 aliphatic carbocycles. The molecule has 3 rings (SSSR count). The molecule has 1 fully saturated rings. The summed E-state index contributed by atoms with van der Waals surface area (Å²) in [4.78, 5) is 13.9. The number of anilines is 3. The van der Waals surface area contributed by atoms with Crippen LogP contribution in [0.1, 0.15) is 30.5 Å². The van der Waals surface area contributed by atoms with E-state index in [9.17, 15) is 4.79 Å². The van der Waals surface area contributed by atoms with E-state index in [1.54, 1.807) is 11.0 Å². The molecule has 6 heteroatoms. The van der Waals surface area contributed by atoms with Crippen molar-refractivity contribution in [3.63, 3.8) is 0 Å². The van der Waals surface area contributed by atoms with E-state index in [-0.39, 0.29) is 18.7 Å². The molecule has 1 amide bonds. The molecule has 0 spiro atoms. The Bertz CT molecular complexity index is 751. The number of carbonyl (C=O) groups excluding carboxylic acids is 1. The molecule has 1 aliphatic rings. The lowest BCUT2D eigenvalue weighted by Crippen LogP contribution is -2.27. The molecule has 0 unspecified atom stereocenters. The first-order valence-electron chi connectivity index (χ1n) is 8.35. The molecule has 132 valence electrons. The van der Waals surface area contributed by atoms with Crippen molar-refractivity contribution in [2.75, 3.05) is 29.6 Å². The van der Waals surface area contributed by atoms with Crippen LogP contribution in [0.25, 0.3) is 0 Å². The molecule has 1 saturated heterocycles. The highest BCUT2D eigenvalue weighted by Crippen LogP contribution is 2.36. The number of cyclic esters (lactones) is 1. The van der Waals surface area contributed by atoms with Crippen LogP contribution in [0.5, 0.6) is 5.75 Å². The van der Waals surface area contributed by atoms with Crippen LogP contribution in [0.15, 0.2) is 36.4 Å². The lowest BCUT2D eigenvalue weighted by atomic mass is 10.0. The summed E-state index contributed by atoms with van der Waals surface area (Å²) >= 11 is 0. The van der Waals surface area contributed by atoms with Crippen molar-refractivity contribution in [1.82, 2.24) is 0 Å². The Morgan fingerprint density at radius 3 is 2.60 bits per heavy atom. The summed E-state index contributed by atoms with van der Waals surface area (Å²) in [6.45, 7) is 4.90. The van der Waals surface area contributed by atoms with Crippen molar-refractivity contribution >= 4 is 23.2 Å². The molecule has 1 aliphatic heterocycles. The molecule has 2 aromatic carbocycles. The van der Waals surface area contributed by atoms with Gasteiger partial charge in [-0.3, -0.25) is 4.90 Å². The lowest BCUT2D eigenvalue weighted by molar-refractivity contribution is 0.179. The van der Waals surface area contributed by atoms with Crippen LogP contribution in [-0.2, 0) is 4.74 Å². The van der Waals surface area contributed by atoms with Crippen molar-refractivity contribution in [2.24, 2.45) is 0 Å². The zero-order valence-electron chi connectivity index (χ0n) is 14.5. The predicted molar refractivity (Wildman–Crippen MR) is 98.8 cm³/mol. The number of nitrogens with zero attached hydrogens (tertiary/aromatic N) is 1. The normalized spacial score (nSPS) is 16.8. The lowest BCUT2D eigenvalue weighted by Gasteiger charge is -2.23. The number of amides is 1. The van der Waals surface area contributed by atoms with Crippen LogP contribution in [0.3, 0.4) is 0 Å². The van der Waals surface area contributed by atoms with Gasteiger partial charge in [0, 0.05) is 0 Å². The average molecular weight is 341 g/mol. The van der Waals surface area contributed by atoms with Gasteiger partial charge in [0.1, 0.15) is 12.4 Å². The van der Waals surface area contributed by atoms with E-state index in [1.165, 1.54) is 0 Å². The van der Waals surface area contributed by atoms with Crippen LogP contribution in [0, 0.1) is 6.92 Å². The number of benzene rings is 2. The molecular formula is C19H23N3O3. The maximum atomic E-state index is 12.3. The summed E-state index contributed by atoms with van der Waals surface area (Å²) in [5.74, 6) is 0.815. The molecule has 0 radical (unpaired) electrons. The third-order valence-corrected chi connectivity index (χ3v) is 4.29. The molecular weight excluding hydrogens is 318 g/mol. The monoisotopic (exact) mass is 341 g/mol. The third-order valence-electron chi connectivity index (χ3n) is 4.29. The van der Waals surface area contributed by atoms with Crippen molar-refractivity contribution in [1.29, 1.82) is 0 Å². The Morgan fingerprint density at radius 1 is 1.24 bits per heavy atom. The first-order chi connectivity index (χ1) is 12.0. The third kappa shape index (κ3) is 3.33. The van der Waals surface area contributed by atoms with Crippen LogP contribution < -0.4 is 21.1 Å². The summed E-state index contributed by atoms with van der Waals surface area (Å²) in [5, 5.41) is 0. The van der Waals surface area contributed by atoms with Gasteiger partial charge >= 0.3 is 6.09 Å². The number of hydrogen-bond acceptors (Lipinski definition) is 5. The highest BCUT2D eigenvalue weighted by Gasteiger charge is 2.35. The van der Waals surface area contributed by atoms with Crippen LogP contribution in [0.2, 0.25) is 0 Å². The Kier molecular flexibility index (Phi) is 4.70.